The molecule has 0 saturated carbocycles. The number of nitrogens with zero attached hydrogens (tertiary/aromatic N) is 3. The van der Waals surface area contributed by atoms with Gasteiger partial charge in [0, 0.05) is 10.5 Å². The van der Waals surface area contributed by atoms with Crippen LogP contribution in [0.1, 0.15) is 10.4 Å². The van der Waals surface area contributed by atoms with Gasteiger partial charge in [-0.25, -0.2) is 4.79 Å². The third-order valence-corrected chi connectivity index (χ3v) is 2.32. The molecular weight excluding hydrogens is 258 g/mol. The van der Waals surface area contributed by atoms with E-state index in [2.05, 4.69) is 14.8 Å². The summed E-state index contributed by atoms with van der Waals surface area (Å²) in [6, 6.07) is 8.06. The number of carbonyl (C=O) groups is 2. The SMILES string of the molecule is COC(=O)/C(N=[N+]=[N-])=C(\Cl)C(=O)c1ccccc1. The fraction of sp³-hybridized carbons (Fsp3) is 0.0909. The molecule has 0 saturated heterocycles. The fourth-order valence-corrected chi connectivity index (χ4v) is 1.36. The van der Waals surface area contributed by atoms with Gasteiger partial charge >= 0.3 is 5.97 Å². The summed E-state index contributed by atoms with van der Waals surface area (Å²) in [6.45, 7) is 0. The minimum absolute atomic E-state index is 0.275. The number of methoxy groups -OCH3 is 1. The number of allylic oxidation sites excluding steroid dienone is 1. The molecule has 0 bridgehead atoms. The molecule has 1 aromatic rings. The lowest BCUT2D eigenvalue weighted by Gasteiger charge is -2.03. The summed E-state index contributed by atoms with van der Waals surface area (Å²) in [5.41, 5.74) is 8.04. The van der Waals surface area contributed by atoms with Crippen LogP contribution in [0.25, 0.3) is 10.4 Å². The maximum absolute atomic E-state index is 11.9. The van der Waals surface area contributed by atoms with Crippen LogP contribution in [0.4, 0.5) is 0 Å². The number of azide groups is 1. The van der Waals surface area contributed by atoms with E-state index < -0.39 is 22.5 Å². The Balaban J connectivity index is 3.24. The lowest BCUT2D eigenvalue weighted by atomic mass is 10.1. The molecule has 0 aliphatic rings. The van der Waals surface area contributed by atoms with E-state index in [9.17, 15) is 9.59 Å². The summed E-state index contributed by atoms with van der Waals surface area (Å²) in [6.07, 6.45) is 0. The highest BCUT2D eigenvalue weighted by atomic mass is 35.5. The number of benzene rings is 1. The van der Waals surface area contributed by atoms with E-state index in [1.165, 1.54) is 12.1 Å². The number of ketones is 1. The van der Waals surface area contributed by atoms with Crippen LogP contribution in [0.5, 0.6) is 0 Å². The zero-order valence-corrected chi connectivity index (χ0v) is 10.1. The summed E-state index contributed by atoms with van der Waals surface area (Å²) < 4.78 is 4.37. The van der Waals surface area contributed by atoms with E-state index in [1.54, 1.807) is 18.2 Å². The van der Waals surface area contributed by atoms with Crippen LogP contribution >= 0.6 is 11.6 Å². The predicted molar refractivity (Wildman–Crippen MR) is 64.8 cm³/mol. The maximum atomic E-state index is 11.9. The molecular formula is C11H8ClN3O3. The fourth-order valence-electron chi connectivity index (χ4n) is 1.14. The summed E-state index contributed by atoms with van der Waals surface area (Å²) in [4.78, 5) is 25.6. The summed E-state index contributed by atoms with van der Waals surface area (Å²) >= 11 is 5.75. The van der Waals surface area contributed by atoms with Crippen molar-refractivity contribution in [3.8, 4) is 0 Å². The van der Waals surface area contributed by atoms with Crippen molar-refractivity contribution < 1.29 is 14.3 Å². The van der Waals surface area contributed by atoms with Gasteiger partial charge in [0.05, 0.1) is 7.11 Å². The Hall–Kier alpha value is -2.30. The summed E-state index contributed by atoms with van der Waals surface area (Å²) in [7, 11) is 1.09. The van der Waals surface area contributed by atoms with Crippen LogP contribution in [-0.4, -0.2) is 18.9 Å². The van der Waals surface area contributed by atoms with E-state index in [4.69, 9.17) is 17.1 Å². The Labute approximate surface area is 107 Å². The molecule has 7 heteroatoms. The minimum atomic E-state index is -0.970. The molecule has 0 heterocycles. The predicted octanol–water partition coefficient (Wildman–Crippen LogP) is 2.80. The number of Topliss-reactive ketones (excluding diaryl/α,β-unsaturated/α-hetero) is 1. The Kier molecular flexibility index (Phi) is 4.92. The molecule has 0 aliphatic heterocycles. The normalized spacial score (nSPS) is 11.0. The Morgan fingerprint density at radius 1 is 1.33 bits per heavy atom. The third-order valence-electron chi connectivity index (χ3n) is 1.97. The monoisotopic (exact) mass is 265 g/mol. The number of ether oxygens (including phenoxy) is 1. The third kappa shape index (κ3) is 3.10. The van der Waals surface area contributed by atoms with Crippen molar-refractivity contribution >= 4 is 23.4 Å². The Morgan fingerprint density at radius 2 is 1.94 bits per heavy atom. The highest BCUT2D eigenvalue weighted by Crippen LogP contribution is 2.18. The molecule has 1 rings (SSSR count). The van der Waals surface area contributed by atoms with Gasteiger partial charge in [0.2, 0.25) is 5.78 Å². The van der Waals surface area contributed by atoms with Crippen molar-refractivity contribution in [2.75, 3.05) is 7.11 Å². The van der Waals surface area contributed by atoms with Gasteiger partial charge in [-0.1, -0.05) is 47.0 Å². The second-order valence-electron chi connectivity index (χ2n) is 3.04. The number of hydrogen-bond acceptors (Lipinski definition) is 4. The molecule has 0 atom stereocenters. The Bertz CT molecular complexity index is 548. The van der Waals surface area contributed by atoms with Crippen molar-refractivity contribution in [3.05, 3.63) is 57.1 Å². The molecule has 0 N–H and O–H groups in total. The smallest absolute Gasteiger partial charge is 0.341 e. The lowest BCUT2D eigenvalue weighted by molar-refractivity contribution is -0.136. The minimum Gasteiger partial charge on any atom is -0.465 e. The number of carbonyl (C=O) groups excluding carboxylic acids is 2. The van der Waals surface area contributed by atoms with Gasteiger partial charge in [-0.2, -0.15) is 0 Å². The molecule has 1 aromatic carbocycles. The van der Waals surface area contributed by atoms with E-state index in [0.717, 1.165) is 7.11 Å². The second kappa shape index (κ2) is 6.44. The topological polar surface area (TPSA) is 92.1 Å². The van der Waals surface area contributed by atoms with Crippen LogP contribution in [0.15, 0.2) is 46.2 Å². The van der Waals surface area contributed by atoms with Gasteiger partial charge in [-0.15, -0.1) is 0 Å². The number of hydrogen-bond donors (Lipinski definition) is 0. The van der Waals surface area contributed by atoms with Crippen molar-refractivity contribution in [2.45, 2.75) is 0 Å². The molecule has 0 amide bonds. The second-order valence-corrected chi connectivity index (χ2v) is 3.42. The molecule has 92 valence electrons. The lowest BCUT2D eigenvalue weighted by Crippen LogP contribution is -2.09. The largest absolute Gasteiger partial charge is 0.465 e. The molecule has 0 aliphatic carbocycles. The van der Waals surface area contributed by atoms with Crippen LogP contribution in [0.2, 0.25) is 0 Å². The zero-order valence-electron chi connectivity index (χ0n) is 9.33. The maximum Gasteiger partial charge on any atom is 0.341 e. The first-order valence-electron chi connectivity index (χ1n) is 4.74. The Morgan fingerprint density at radius 3 is 2.44 bits per heavy atom. The van der Waals surface area contributed by atoms with Gasteiger partial charge in [0.1, 0.15) is 10.7 Å². The number of esters is 1. The van der Waals surface area contributed by atoms with Gasteiger partial charge in [0.25, 0.3) is 0 Å². The number of rotatable bonds is 4. The number of halogens is 1. The van der Waals surface area contributed by atoms with Gasteiger partial charge in [0.15, 0.2) is 0 Å². The molecule has 0 spiro atoms. The molecule has 0 fully saturated rings. The van der Waals surface area contributed by atoms with Crippen LogP contribution in [0.3, 0.4) is 0 Å². The van der Waals surface area contributed by atoms with Crippen LogP contribution in [-0.2, 0) is 9.53 Å². The highest BCUT2D eigenvalue weighted by Gasteiger charge is 2.20. The molecule has 0 aromatic heterocycles. The van der Waals surface area contributed by atoms with E-state index in [1.807, 2.05) is 0 Å². The van der Waals surface area contributed by atoms with Crippen molar-refractivity contribution in [3.63, 3.8) is 0 Å². The average Bonchev–Trinajstić information content (AvgIpc) is 2.43. The van der Waals surface area contributed by atoms with Gasteiger partial charge < -0.3 is 4.74 Å². The van der Waals surface area contributed by atoms with Crippen LogP contribution < -0.4 is 0 Å². The zero-order chi connectivity index (χ0) is 13.5. The first kappa shape index (κ1) is 13.8. The van der Waals surface area contributed by atoms with Crippen LogP contribution in [0, 0.1) is 0 Å². The summed E-state index contributed by atoms with van der Waals surface area (Å²) in [5, 5.41) is 2.59. The van der Waals surface area contributed by atoms with E-state index >= 15 is 0 Å². The van der Waals surface area contributed by atoms with E-state index in [-0.39, 0.29) is 5.56 Å². The first-order chi connectivity index (χ1) is 8.61. The van der Waals surface area contributed by atoms with E-state index in [0.29, 0.717) is 0 Å². The quantitative estimate of drug-likeness (QED) is 0.209. The summed E-state index contributed by atoms with van der Waals surface area (Å²) in [5.74, 6) is -1.59. The van der Waals surface area contributed by atoms with Crippen molar-refractivity contribution in [1.82, 2.24) is 0 Å². The first-order valence-corrected chi connectivity index (χ1v) is 5.12. The standard InChI is InChI=1S/C11H8ClN3O3/c1-18-11(17)9(14-15-13)8(12)10(16)7-5-3-2-4-6-7/h2-6H,1H3/b9-8+. The van der Waals surface area contributed by atoms with Gasteiger partial charge in [-0.3, -0.25) is 4.79 Å². The molecule has 0 radical (unpaired) electrons. The van der Waals surface area contributed by atoms with Gasteiger partial charge in [-0.05, 0) is 5.53 Å². The molecule has 0 unspecified atom stereocenters. The molecule has 18 heavy (non-hydrogen) atoms. The van der Waals surface area contributed by atoms with Crippen molar-refractivity contribution in [1.29, 1.82) is 0 Å². The van der Waals surface area contributed by atoms with Crippen molar-refractivity contribution in [2.24, 2.45) is 5.11 Å². The highest BCUT2D eigenvalue weighted by molar-refractivity contribution is 6.46. The molecule has 6 nitrogen and oxygen atoms in total. The average molecular weight is 266 g/mol.